The second-order valence-electron chi connectivity index (χ2n) is 6.06. The average Bonchev–Trinajstić information content (AvgIpc) is 2.59. The van der Waals surface area contributed by atoms with Gasteiger partial charge in [-0.15, -0.1) is 0 Å². The van der Waals surface area contributed by atoms with Crippen molar-refractivity contribution in [1.29, 1.82) is 0 Å². The highest BCUT2D eigenvalue weighted by Crippen LogP contribution is 2.17. The van der Waals surface area contributed by atoms with E-state index in [9.17, 15) is 9.59 Å². The van der Waals surface area contributed by atoms with Gasteiger partial charge in [-0.1, -0.05) is 6.07 Å². The molecule has 0 bridgehead atoms. The van der Waals surface area contributed by atoms with Crippen LogP contribution in [0, 0.1) is 6.92 Å². The number of pyridine rings is 2. The van der Waals surface area contributed by atoms with Gasteiger partial charge in [-0.05, 0) is 38.0 Å². The van der Waals surface area contributed by atoms with Crippen molar-refractivity contribution >= 4 is 5.91 Å². The second kappa shape index (κ2) is 7.40. The molecule has 1 N–H and O–H groups in total. The van der Waals surface area contributed by atoms with Crippen molar-refractivity contribution in [2.24, 2.45) is 0 Å². The third-order valence-corrected chi connectivity index (χ3v) is 4.08. The van der Waals surface area contributed by atoms with Crippen LogP contribution in [-0.2, 0) is 11.3 Å². The van der Waals surface area contributed by atoms with Crippen LogP contribution >= 0.6 is 0 Å². The Kier molecular flexibility index (Phi) is 5.05. The molecule has 0 radical (unpaired) electrons. The molecule has 1 unspecified atom stereocenters. The molecule has 1 aliphatic rings. The standard InChI is InChI=1S/C18H21N3O3/c1-13-9-14(10-17(22)20-13)18(23)21-8-4-6-16(11-21)24-12-15-5-2-3-7-19-15/h2-3,5,7,9-10,16H,4,6,8,11-12H2,1H3,(H,20,22). The summed E-state index contributed by atoms with van der Waals surface area (Å²) in [7, 11) is 0. The lowest BCUT2D eigenvalue weighted by Crippen LogP contribution is -2.43. The Hall–Kier alpha value is -2.47. The minimum absolute atomic E-state index is 0.00667. The molecule has 1 saturated heterocycles. The number of likely N-dealkylation sites (tertiary alicyclic amines) is 1. The average molecular weight is 327 g/mol. The van der Waals surface area contributed by atoms with E-state index >= 15 is 0 Å². The third-order valence-electron chi connectivity index (χ3n) is 4.08. The molecular formula is C18H21N3O3. The Morgan fingerprint density at radius 1 is 1.42 bits per heavy atom. The number of amides is 1. The predicted molar refractivity (Wildman–Crippen MR) is 89.8 cm³/mol. The van der Waals surface area contributed by atoms with Crippen molar-refractivity contribution in [2.75, 3.05) is 13.1 Å². The summed E-state index contributed by atoms with van der Waals surface area (Å²) in [5, 5.41) is 0. The fraction of sp³-hybridized carbons (Fsp3) is 0.389. The molecule has 6 nitrogen and oxygen atoms in total. The van der Waals surface area contributed by atoms with Gasteiger partial charge < -0.3 is 14.6 Å². The summed E-state index contributed by atoms with van der Waals surface area (Å²) < 4.78 is 5.91. The van der Waals surface area contributed by atoms with Gasteiger partial charge in [-0.25, -0.2) is 0 Å². The van der Waals surface area contributed by atoms with E-state index in [2.05, 4.69) is 9.97 Å². The Morgan fingerprint density at radius 3 is 3.04 bits per heavy atom. The Bertz CT molecular complexity index is 758. The summed E-state index contributed by atoms with van der Waals surface area (Å²) in [6.45, 7) is 3.44. The van der Waals surface area contributed by atoms with Crippen molar-refractivity contribution in [1.82, 2.24) is 14.9 Å². The smallest absolute Gasteiger partial charge is 0.254 e. The van der Waals surface area contributed by atoms with Crippen molar-refractivity contribution in [3.63, 3.8) is 0 Å². The zero-order chi connectivity index (χ0) is 16.9. The maximum Gasteiger partial charge on any atom is 0.254 e. The normalized spacial score (nSPS) is 17.7. The zero-order valence-electron chi connectivity index (χ0n) is 13.7. The minimum atomic E-state index is -0.252. The van der Waals surface area contributed by atoms with Gasteiger partial charge in [0.15, 0.2) is 0 Å². The first kappa shape index (κ1) is 16.4. The van der Waals surface area contributed by atoms with Gasteiger partial charge >= 0.3 is 0 Å². The third kappa shape index (κ3) is 4.08. The van der Waals surface area contributed by atoms with Crippen molar-refractivity contribution in [3.8, 4) is 0 Å². The molecule has 0 saturated carbocycles. The molecule has 126 valence electrons. The number of carbonyl (C=O) groups excluding carboxylic acids is 1. The van der Waals surface area contributed by atoms with Crippen LogP contribution < -0.4 is 5.56 Å². The van der Waals surface area contributed by atoms with Gasteiger partial charge in [0.25, 0.3) is 5.91 Å². The Labute approximate surface area is 140 Å². The first-order valence-corrected chi connectivity index (χ1v) is 8.13. The van der Waals surface area contributed by atoms with Crippen molar-refractivity contribution in [2.45, 2.75) is 32.5 Å². The zero-order valence-corrected chi connectivity index (χ0v) is 13.7. The quantitative estimate of drug-likeness (QED) is 0.930. The van der Waals surface area contributed by atoms with E-state index in [4.69, 9.17) is 4.74 Å². The number of aryl methyl sites for hydroxylation is 1. The number of carbonyl (C=O) groups is 1. The minimum Gasteiger partial charge on any atom is -0.370 e. The number of aromatic amines is 1. The molecule has 3 rings (SSSR count). The number of nitrogens with one attached hydrogen (secondary N) is 1. The van der Waals surface area contributed by atoms with Gasteiger partial charge in [0.2, 0.25) is 5.56 Å². The lowest BCUT2D eigenvalue weighted by molar-refractivity contribution is -0.00786. The number of nitrogens with zero attached hydrogens (tertiary/aromatic N) is 2. The largest absolute Gasteiger partial charge is 0.370 e. The number of H-pyrrole nitrogens is 1. The van der Waals surface area contributed by atoms with Crippen LogP contribution in [-0.4, -0.2) is 40.0 Å². The van der Waals surface area contributed by atoms with Crippen LogP contribution in [0.15, 0.2) is 41.3 Å². The highest BCUT2D eigenvalue weighted by Gasteiger charge is 2.25. The topological polar surface area (TPSA) is 75.3 Å². The van der Waals surface area contributed by atoms with E-state index in [0.717, 1.165) is 18.5 Å². The molecule has 2 aromatic heterocycles. The summed E-state index contributed by atoms with van der Waals surface area (Å²) in [5.41, 5.74) is 1.75. The Morgan fingerprint density at radius 2 is 2.29 bits per heavy atom. The molecule has 1 atom stereocenters. The summed E-state index contributed by atoms with van der Waals surface area (Å²) in [6, 6.07) is 8.78. The lowest BCUT2D eigenvalue weighted by Gasteiger charge is -2.32. The van der Waals surface area contributed by atoms with E-state index in [0.29, 0.717) is 31.0 Å². The van der Waals surface area contributed by atoms with Gasteiger partial charge in [0.1, 0.15) is 0 Å². The molecule has 6 heteroatoms. The highest BCUT2D eigenvalue weighted by molar-refractivity contribution is 5.94. The van der Waals surface area contributed by atoms with Crippen LogP contribution in [0.1, 0.15) is 34.6 Å². The molecule has 2 aromatic rings. The summed E-state index contributed by atoms with van der Waals surface area (Å²) >= 11 is 0. The van der Waals surface area contributed by atoms with Crippen LogP contribution in [0.2, 0.25) is 0 Å². The summed E-state index contributed by atoms with van der Waals surface area (Å²) in [6.07, 6.45) is 3.55. The molecule has 0 aliphatic carbocycles. The van der Waals surface area contributed by atoms with E-state index in [1.165, 1.54) is 6.07 Å². The molecule has 24 heavy (non-hydrogen) atoms. The molecule has 1 aliphatic heterocycles. The van der Waals surface area contributed by atoms with Gasteiger partial charge in [-0.3, -0.25) is 14.6 Å². The summed E-state index contributed by atoms with van der Waals surface area (Å²) in [5.74, 6) is -0.115. The van der Waals surface area contributed by atoms with Crippen LogP contribution in [0.4, 0.5) is 0 Å². The molecule has 0 spiro atoms. The number of hydrogen-bond donors (Lipinski definition) is 1. The molecular weight excluding hydrogens is 306 g/mol. The van der Waals surface area contributed by atoms with Gasteiger partial charge in [0.05, 0.1) is 18.4 Å². The molecule has 3 heterocycles. The molecule has 1 fully saturated rings. The number of rotatable bonds is 4. The van der Waals surface area contributed by atoms with Crippen molar-refractivity contribution in [3.05, 3.63) is 63.8 Å². The lowest BCUT2D eigenvalue weighted by atomic mass is 10.1. The highest BCUT2D eigenvalue weighted by atomic mass is 16.5. The molecule has 1 amide bonds. The van der Waals surface area contributed by atoms with E-state index in [1.807, 2.05) is 18.2 Å². The van der Waals surface area contributed by atoms with E-state index < -0.39 is 0 Å². The number of hydrogen-bond acceptors (Lipinski definition) is 4. The number of piperidine rings is 1. The fourth-order valence-corrected chi connectivity index (χ4v) is 2.93. The SMILES string of the molecule is Cc1cc(C(=O)N2CCCC(OCc3ccccn3)C2)cc(=O)[nH]1. The maximum atomic E-state index is 12.6. The van der Waals surface area contributed by atoms with Gasteiger partial charge in [0, 0.05) is 36.6 Å². The van der Waals surface area contributed by atoms with Crippen LogP contribution in [0.5, 0.6) is 0 Å². The van der Waals surface area contributed by atoms with Crippen LogP contribution in [0.3, 0.4) is 0 Å². The summed E-state index contributed by atoms with van der Waals surface area (Å²) in [4.78, 5) is 32.9. The van der Waals surface area contributed by atoms with E-state index in [1.54, 1.807) is 24.1 Å². The number of aromatic nitrogens is 2. The predicted octanol–water partition coefficient (Wildman–Crippen LogP) is 1.90. The second-order valence-corrected chi connectivity index (χ2v) is 6.06. The van der Waals surface area contributed by atoms with E-state index in [-0.39, 0.29) is 17.6 Å². The molecule has 0 aromatic carbocycles. The van der Waals surface area contributed by atoms with Crippen molar-refractivity contribution < 1.29 is 9.53 Å². The number of ether oxygens (including phenoxy) is 1. The Balaban J connectivity index is 1.62. The van der Waals surface area contributed by atoms with Crippen LogP contribution in [0.25, 0.3) is 0 Å². The fourth-order valence-electron chi connectivity index (χ4n) is 2.93. The maximum absolute atomic E-state index is 12.6. The first-order valence-electron chi connectivity index (χ1n) is 8.13. The monoisotopic (exact) mass is 327 g/mol. The first-order chi connectivity index (χ1) is 11.6. The van der Waals surface area contributed by atoms with Gasteiger partial charge in [-0.2, -0.15) is 0 Å².